The van der Waals surface area contributed by atoms with Crippen LogP contribution < -0.4 is 10.6 Å². The van der Waals surface area contributed by atoms with Gasteiger partial charge in [0.15, 0.2) is 0 Å². The van der Waals surface area contributed by atoms with Gasteiger partial charge in [-0.25, -0.2) is 4.79 Å². The van der Waals surface area contributed by atoms with Crippen LogP contribution in [0.2, 0.25) is 5.02 Å². The van der Waals surface area contributed by atoms with Gasteiger partial charge in [0.05, 0.1) is 10.7 Å². The molecule has 1 rings (SSSR count). The predicted octanol–water partition coefficient (Wildman–Crippen LogP) is 2.19. The van der Waals surface area contributed by atoms with Crippen molar-refractivity contribution in [2.45, 2.75) is 13.0 Å². The Bertz CT molecular complexity index is 524. The van der Waals surface area contributed by atoms with Crippen LogP contribution in [0.3, 0.4) is 0 Å². The molecule has 1 aromatic rings. The average Bonchev–Trinajstić information content (AvgIpc) is 2.36. The number of hydrogen-bond donors (Lipinski definition) is 3. The normalized spacial score (nSPS) is 11.5. The van der Waals surface area contributed by atoms with Gasteiger partial charge in [0.2, 0.25) is 5.91 Å². The molecule has 3 N–H and O–H groups in total. The number of aliphatic carboxylic acids is 1. The minimum atomic E-state index is -1.20. The van der Waals surface area contributed by atoms with Crippen molar-refractivity contribution >= 4 is 46.2 Å². The van der Waals surface area contributed by atoms with Crippen LogP contribution in [0, 0.1) is 0 Å². The molecule has 0 heterocycles. The van der Waals surface area contributed by atoms with E-state index in [4.69, 9.17) is 16.7 Å². The molecule has 2 amide bonds. The summed E-state index contributed by atoms with van der Waals surface area (Å²) in [5.74, 6) is -1.74. The van der Waals surface area contributed by atoms with Gasteiger partial charge in [0.25, 0.3) is 5.24 Å². The van der Waals surface area contributed by atoms with Crippen molar-refractivity contribution in [1.82, 2.24) is 5.32 Å². The molecule has 0 spiro atoms. The minimum Gasteiger partial charge on any atom is -0.480 e. The van der Waals surface area contributed by atoms with Crippen LogP contribution in [0.15, 0.2) is 24.3 Å². The summed E-state index contributed by atoms with van der Waals surface area (Å²) in [5, 5.41) is 13.6. The van der Waals surface area contributed by atoms with Gasteiger partial charge >= 0.3 is 5.97 Å². The fraction of sp³-hybridized carbons (Fsp3) is 0.250. The molecule has 0 bridgehead atoms. The molecule has 1 atom stereocenters. The molecule has 6 nitrogen and oxygen atoms in total. The largest absolute Gasteiger partial charge is 0.480 e. The molecule has 1 aromatic carbocycles. The third kappa shape index (κ3) is 5.50. The molecule has 0 saturated heterocycles. The van der Waals surface area contributed by atoms with Gasteiger partial charge in [-0.05, 0) is 12.1 Å². The van der Waals surface area contributed by atoms with Crippen LogP contribution in [-0.2, 0) is 9.59 Å². The highest BCUT2D eigenvalue weighted by Crippen LogP contribution is 2.22. The number of para-hydroxylation sites is 1. The van der Waals surface area contributed by atoms with E-state index in [-0.39, 0.29) is 5.75 Å². The number of halogens is 1. The second-order valence-electron chi connectivity index (χ2n) is 3.79. The number of carboxylic acids is 1. The molecule has 0 aliphatic rings. The van der Waals surface area contributed by atoms with Crippen LogP contribution in [0.25, 0.3) is 0 Å². The highest BCUT2D eigenvalue weighted by Gasteiger charge is 2.20. The number of carbonyl (C=O) groups is 3. The van der Waals surface area contributed by atoms with Crippen LogP contribution in [0.4, 0.5) is 10.5 Å². The van der Waals surface area contributed by atoms with Gasteiger partial charge in [0.1, 0.15) is 6.04 Å². The summed E-state index contributed by atoms with van der Waals surface area (Å²) >= 11 is 6.63. The smallest absolute Gasteiger partial charge is 0.327 e. The molecule has 0 aromatic heterocycles. The molecule has 0 radical (unpaired) electrons. The number of hydrogen-bond acceptors (Lipinski definition) is 4. The summed E-state index contributed by atoms with van der Waals surface area (Å²) in [4.78, 5) is 33.4. The van der Waals surface area contributed by atoms with E-state index in [0.29, 0.717) is 10.7 Å². The molecule has 0 unspecified atom stereocenters. The number of anilines is 1. The van der Waals surface area contributed by atoms with Gasteiger partial charge in [-0.3, -0.25) is 9.59 Å². The number of amides is 2. The number of thioether (sulfide) groups is 1. The summed E-state index contributed by atoms with van der Waals surface area (Å²) in [6, 6.07) is 5.57. The maximum absolute atomic E-state index is 11.7. The SMILES string of the molecule is CC(=O)N[C@@H](CSC(=O)Nc1ccccc1Cl)C(=O)O. The lowest BCUT2D eigenvalue weighted by molar-refractivity contribution is -0.140. The predicted molar refractivity (Wildman–Crippen MR) is 78.2 cm³/mol. The fourth-order valence-electron chi connectivity index (χ4n) is 1.29. The standard InChI is InChI=1S/C12H13ClN2O4S/c1-7(16)14-10(11(17)18)6-20-12(19)15-9-5-3-2-4-8(9)13/h2-5,10H,6H2,1H3,(H,14,16)(H,15,19)(H,17,18)/t10-/m0/s1. The Morgan fingerprint density at radius 3 is 2.55 bits per heavy atom. The van der Waals surface area contributed by atoms with Crippen LogP contribution in [0.5, 0.6) is 0 Å². The molecule has 108 valence electrons. The molecule has 0 fully saturated rings. The molecular formula is C12H13ClN2O4S. The van der Waals surface area contributed by atoms with E-state index in [1.165, 1.54) is 6.92 Å². The number of carbonyl (C=O) groups excluding carboxylic acids is 2. The van der Waals surface area contributed by atoms with Crippen molar-refractivity contribution in [2.24, 2.45) is 0 Å². The van der Waals surface area contributed by atoms with Gasteiger partial charge in [-0.2, -0.15) is 0 Å². The van der Waals surface area contributed by atoms with Crippen molar-refractivity contribution in [3.63, 3.8) is 0 Å². The maximum Gasteiger partial charge on any atom is 0.327 e. The van der Waals surface area contributed by atoms with Crippen LogP contribution >= 0.6 is 23.4 Å². The lowest BCUT2D eigenvalue weighted by Crippen LogP contribution is -2.41. The summed E-state index contributed by atoms with van der Waals surface area (Å²) < 4.78 is 0. The second kappa shape index (κ2) is 7.76. The molecule has 8 heteroatoms. The van der Waals surface area contributed by atoms with Crippen molar-refractivity contribution in [3.8, 4) is 0 Å². The Morgan fingerprint density at radius 1 is 1.35 bits per heavy atom. The molecule has 0 saturated carbocycles. The molecule has 0 aliphatic carbocycles. The van der Waals surface area contributed by atoms with Crippen molar-refractivity contribution in [2.75, 3.05) is 11.1 Å². The first-order valence-corrected chi connectivity index (χ1v) is 6.94. The van der Waals surface area contributed by atoms with Gasteiger partial charge in [-0.1, -0.05) is 35.5 Å². The quantitative estimate of drug-likeness (QED) is 0.774. The number of rotatable bonds is 5. The van der Waals surface area contributed by atoms with Gasteiger partial charge < -0.3 is 15.7 Å². The molecular weight excluding hydrogens is 304 g/mol. The second-order valence-corrected chi connectivity index (χ2v) is 5.19. The van der Waals surface area contributed by atoms with E-state index < -0.39 is 23.2 Å². The Labute approximate surface area is 124 Å². The Morgan fingerprint density at radius 2 is 2.00 bits per heavy atom. The van der Waals surface area contributed by atoms with E-state index >= 15 is 0 Å². The molecule has 0 aliphatic heterocycles. The van der Waals surface area contributed by atoms with E-state index in [2.05, 4.69) is 10.6 Å². The topological polar surface area (TPSA) is 95.5 Å². The minimum absolute atomic E-state index is 0.0782. The first kappa shape index (κ1) is 16.3. The third-order valence-electron chi connectivity index (χ3n) is 2.17. The van der Waals surface area contributed by atoms with Crippen LogP contribution in [-0.4, -0.2) is 34.0 Å². The van der Waals surface area contributed by atoms with Gasteiger partial charge in [0, 0.05) is 12.7 Å². The zero-order valence-electron chi connectivity index (χ0n) is 10.6. The van der Waals surface area contributed by atoms with Gasteiger partial charge in [-0.15, -0.1) is 0 Å². The van der Waals surface area contributed by atoms with E-state index in [0.717, 1.165) is 11.8 Å². The summed E-state index contributed by atoms with van der Waals surface area (Å²) in [6.07, 6.45) is 0. The lowest BCUT2D eigenvalue weighted by atomic mass is 10.3. The Balaban J connectivity index is 2.52. The van der Waals surface area contributed by atoms with Crippen LogP contribution in [0.1, 0.15) is 6.92 Å². The Kier molecular flexibility index (Phi) is 6.33. The molecule has 20 heavy (non-hydrogen) atoms. The number of benzene rings is 1. The average molecular weight is 317 g/mol. The summed E-state index contributed by atoms with van der Waals surface area (Å²) in [7, 11) is 0. The third-order valence-corrected chi connectivity index (χ3v) is 3.36. The number of carboxylic acid groups (broad SMARTS) is 1. The highest BCUT2D eigenvalue weighted by atomic mass is 35.5. The van der Waals surface area contributed by atoms with Crippen molar-refractivity contribution < 1.29 is 19.5 Å². The van der Waals surface area contributed by atoms with E-state index in [1.807, 2.05) is 0 Å². The first-order chi connectivity index (χ1) is 9.40. The zero-order valence-corrected chi connectivity index (χ0v) is 12.1. The fourth-order valence-corrected chi connectivity index (χ4v) is 2.20. The maximum atomic E-state index is 11.7. The lowest BCUT2D eigenvalue weighted by Gasteiger charge is -2.12. The number of nitrogens with one attached hydrogen (secondary N) is 2. The van der Waals surface area contributed by atoms with Crippen molar-refractivity contribution in [3.05, 3.63) is 29.3 Å². The van der Waals surface area contributed by atoms with E-state index in [1.54, 1.807) is 24.3 Å². The first-order valence-electron chi connectivity index (χ1n) is 5.58. The Hall–Kier alpha value is -1.73. The zero-order chi connectivity index (χ0) is 15.1. The highest BCUT2D eigenvalue weighted by molar-refractivity contribution is 8.13. The summed E-state index contributed by atoms with van der Waals surface area (Å²) in [6.45, 7) is 1.21. The van der Waals surface area contributed by atoms with E-state index in [9.17, 15) is 14.4 Å². The monoisotopic (exact) mass is 316 g/mol. The summed E-state index contributed by atoms with van der Waals surface area (Å²) in [5.41, 5.74) is 0.443. The van der Waals surface area contributed by atoms with Crippen molar-refractivity contribution in [1.29, 1.82) is 0 Å².